The van der Waals surface area contributed by atoms with Crippen molar-refractivity contribution in [2.24, 2.45) is 35.3 Å². The summed E-state index contributed by atoms with van der Waals surface area (Å²) in [6.45, 7) is 16.6. The van der Waals surface area contributed by atoms with Gasteiger partial charge in [-0.3, -0.25) is 53.0 Å². The predicted octanol–water partition coefficient (Wildman–Crippen LogP) is -0.169. The Hall–Kier alpha value is -7.10. The number of benzene rings is 2. The molecule has 546 valence electrons. The van der Waals surface area contributed by atoms with E-state index in [-0.39, 0.29) is 111 Å². The van der Waals surface area contributed by atoms with E-state index in [1.54, 1.807) is 91.6 Å². The molecular formula is C67H102N11NaO19S. The van der Waals surface area contributed by atoms with Crippen LogP contribution in [0.15, 0.2) is 65.6 Å². The van der Waals surface area contributed by atoms with Crippen LogP contribution in [0.2, 0.25) is 0 Å². The zero-order valence-corrected chi connectivity index (χ0v) is 62.5. The van der Waals surface area contributed by atoms with E-state index in [0.717, 1.165) is 34.1 Å². The van der Waals surface area contributed by atoms with Gasteiger partial charge in [0.15, 0.2) is 0 Å². The molecule has 4 rings (SSSR count). The Morgan fingerprint density at radius 3 is 1.98 bits per heavy atom. The monoisotopic (exact) mass is 1420 g/mol. The van der Waals surface area contributed by atoms with E-state index in [2.05, 4.69) is 31.9 Å². The molecule has 2 aromatic carbocycles. The van der Waals surface area contributed by atoms with Crippen LogP contribution in [-0.4, -0.2) is 219 Å². The van der Waals surface area contributed by atoms with Crippen LogP contribution in [0.1, 0.15) is 131 Å². The Morgan fingerprint density at radius 1 is 0.778 bits per heavy atom. The summed E-state index contributed by atoms with van der Waals surface area (Å²) in [6.07, 6.45) is -0.0269. The first-order chi connectivity index (χ1) is 46.1. The number of nitrogens with two attached hydrogens (primary N) is 1. The van der Waals surface area contributed by atoms with Gasteiger partial charge in [0.25, 0.3) is 11.8 Å². The first kappa shape index (κ1) is 86.1. The van der Waals surface area contributed by atoms with Gasteiger partial charge < -0.3 is 76.0 Å². The topological polar surface area (TPSA) is 413 Å². The normalized spacial score (nSPS) is 17.2. The van der Waals surface area contributed by atoms with Crippen LogP contribution in [0, 0.1) is 29.6 Å². The number of rotatable bonds is 39. The average molecular weight is 1420 g/mol. The number of imide groups is 1. The molecule has 0 saturated carbocycles. The molecule has 2 heterocycles. The first-order valence-electron chi connectivity index (χ1n) is 33.1. The van der Waals surface area contributed by atoms with Gasteiger partial charge >= 0.3 is 41.7 Å². The average Bonchev–Trinajstić information content (AvgIpc) is 1.72. The fourth-order valence-corrected chi connectivity index (χ4v) is 12.8. The minimum atomic E-state index is -5.37. The standard InChI is InChI=1S/C67H103N11O19S.Na/c1-15-41(8)58(49(94-13)36-54(82)77-31-20-24-48(77)60(95-14)42(9)61(84)70-43(10)59(83)44-21-17-16-18-22-44)75(11)65(88)56(39(4)5)74-64(87)57(40(6)7)76(12)67(90)97-37-45-25-26-46(35-50(45)98(91,92)93)71-62(85)47(23-19-30-69-66(68)89)72-63(86)55(38(2)3)73-51(79)29-33-96-34-32-78-52(80)27-28-53(78)81;/h16-18,21-22,25-28,35,38-43,47-49,55-60,83H,15,19-20,23-24,29-34,36-37H2,1-14H3,(H,70,84)(H,71,85)(H,72,86)(H,73,79)(H,74,87)(H3,68,69,89)(H,91,92,93);/q;+1/p-1/t41-,42+,43+,47-,48-,49+,55-,56-,57-,58-,59+,60+;/m0./s1. The number of urea groups is 1. The summed E-state index contributed by atoms with van der Waals surface area (Å²) in [6, 6.07) is 4.40. The van der Waals surface area contributed by atoms with E-state index in [4.69, 9.17) is 24.7 Å². The number of carbonyl (C=O) groups excluding carboxylic acids is 11. The summed E-state index contributed by atoms with van der Waals surface area (Å²) in [5, 5.41) is 26.8. The van der Waals surface area contributed by atoms with Crippen molar-refractivity contribution < 1.29 is 119 Å². The Morgan fingerprint density at radius 2 is 1.41 bits per heavy atom. The van der Waals surface area contributed by atoms with Crippen molar-refractivity contribution in [1.29, 1.82) is 0 Å². The molecule has 99 heavy (non-hydrogen) atoms. The number of hydrogen-bond acceptors (Lipinski definition) is 19. The fourth-order valence-electron chi connectivity index (χ4n) is 12.0. The molecule has 0 aliphatic carbocycles. The van der Waals surface area contributed by atoms with E-state index in [1.807, 2.05) is 19.9 Å². The molecule has 12 amide bonds. The van der Waals surface area contributed by atoms with Gasteiger partial charge in [0.2, 0.25) is 41.4 Å². The maximum atomic E-state index is 14.8. The second kappa shape index (κ2) is 41.0. The van der Waals surface area contributed by atoms with E-state index < -0.39 is 159 Å². The second-order valence-electron chi connectivity index (χ2n) is 25.9. The van der Waals surface area contributed by atoms with Gasteiger partial charge in [0.1, 0.15) is 40.9 Å². The van der Waals surface area contributed by atoms with Crippen molar-refractivity contribution in [3.63, 3.8) is 0 Å². The Balaban J connectivity index is 0.0000255. The number of primary amides is 1. The van der Waals surface area contributed by atoms with Crippen LogP contribution in [0.3, 0.4) is 0 Å². The molecule has 1 saturated heterocycles. The van der Waals surface area contributed by atoms with Crippen molar-refractivity contribution in [3.05, 3.63) is 71.8 Å². The van der Waals surface area contributed by atoms with Crippen LogP contribution < -0.4 is 67.2 Å². The number of nitrogens with one attached hydrogen (secondary N) is 6. The third kappa shape index (κ3) is 25.2. The minimum absolute atomic E-state index is 0. The summed E-state index contributed by atoms with van der Waals surface area (Å²) in [5.74, 6) is -7.80. The zero-order chi connectivity index (χ0) is 73.5. The number of methoxy groups -OCH3 is 2. The number of likely N-dealkylation sites (tertiary alicyclic amines) is 1. The molecular weight excluding hydrogens is 1320 g/mol. The van der Waals surface area contributed by atoms with Gasteiger partial charge in [-0.25, -0.2) is 18.0 Å². The summed E-state index contributed by atoms with van der Waals surface area (Å²) >= 11 is 0. The zero-order valence-electron chi connectivity index (χ0n) is 59.7. The molecule has 2 aromatic rings. The smallest absolute Gasteiger partial charge is 0.744 e. The van der Waals surface area contributed by atoms with Crippen molar-refractivity contribution >= 4 is 81.1 Å². The Labute approximate surface area is 603 Å². The number of ether oxygens (including phenoxy) is 4. The van der Waals surface area contributed by atoms with E-state index in [9.17, 15) is 70.8 Å². The molecule has 30 nitrogen and oxygen atoms in total. The number of nitrogens with zero attached hydrogens (tertiary/aromatic N) is 4. The van der Waals surface area contributed by atoms with Crippen LogP contribution in [0.4, 0.5) is 15.3 Å². The molecule has 0 bridgehead atoms. The van der Waals surface area contributed by atoms with Crippen molar-refractivity contribution in [2.75, 3.05) is 66.5 Å². The second-order valence-corrected chi connectivity index (χ2v) is 27.2. The van der Waals surface area contributed by atoms with Crippen molar-refractivity contribution in [1.82, 2.24) is 46.2 Å². The van der Waals surface area contributed by atoms with Crippen molar-refractivity contribution in [3.8, 4) is 0 Å². The minimum Gasteiger partial charge on any atom is -0.744 e. The van der Waals surface area contributed by atoms with Gasteiger partial charge in [-0.2, -0.15) is 0 Å². The van der Waals surface area contributed by atoms with Gasteiger partial charge in [-0.1, -0.05) is 105 Å². The van der Waals surface area contributed by atoms with Crippen LogP contribution in [0.5, 0.6) is 0 Å². The predicted molar refractivity (Wildman–Crippen MR) is 358 cm³/mol. The quantitative estimate of drug-likeness (QED) is 0.0186. The van der Waals surface area contributed by atoms with E-state index >= 15 is 0 Å². The molecule has 0 aromatic heterocycles. The molecule has 0 radical (unpaired) electrons. The summed E-state index contributed by atoms with van der Waals surface area (Å²) in [5.41, 5.74) is 5.30. The van der Waals surface area contributed by atoms with Gasteiger partial charge in [0.05, 0.1) is 73.4 Å². The van der Waals surface area contributed by atoms with E-state index in [0.29, 0.717) is 31.4 Å². The molecule has 1 fully saturated rings. The largest absolute Gasteiger partial charge is 1.00 e. The first-order valence-corrected chi connectivity index (χ1v) is 34.5. The molecule has 0 spiro atoms. The number of hydrogen-bond donors (Lipinski definition) is 8. The molecule has 12 atom stereocenters. The number of amides is 12. The number of aliphatic hydroxyl groups is 1. The van der Waals surface area contributed by atoms with Crippen LogP contribution in [-0.2, 0) is 78.8 Å². The summed E-state index contributed by atoms with van der Waals surface area (Å²) in [7, 11) is 0.410. The van der Waals surface area contributed by atoms with Crippen LogP contribution in [0.25, 0.3) is 0 Å². The van der Waals surface area contributed by atoms with Gasteiger partial charge in [-0.05, 0) is 74.0 Å². The molecule has 32 heteroatoms. The Bertz CT molecular complexity index is 3220. The fraction of sp³-hybridized carbons (Fsp3) is 0.627. The Kier molecular flexibility index (Phi) is 35.6. The SMILES string of the molecule is CC[C@H](C)[C@@H]([C@@H](CC(=O)N1CCC[C@H]1[C@H](OC)[C@@H](C)C(=O)N[C@H](C)[C@@H](O)c1ccccc1)OC)N(C)C(=O)[C@@H](NC(=O)[C@H](C(C)C)N(C)C(=O)OCc1ccc(NC(=O)[C@H](CCCNC(N)=O)NC(=O)[C@@H](NC(=O)CCOCCN2C(=O)C=CC2=O)C(C)C)cc1S(=O)(=O)[O-])C(C)C.[Na+]. The van der Waals surface area contributed by atoms with E-state index in [1.165, 1.54) is 32.2 Å². The van der Waals surface area contributed by atoms with Crippen LogP contribution >= 0.6 is 0 Å². The molecule has 9 N–H and O–H groups in total. The molecule has 0 unspecified atom stereocenters. The third-order valence-corrected chi connectivity index (χ3v) is 18.7. The number of likely N-dealkylation sites (N-methyl/N-ethyl adjacent to an activating group) is 2. The maximum absolute atomic E-state index is 14.8. The van der Waals surface area contributed by atoms with Gasteiger partial charge in [0, 0.05) is 71.2 Å². The van der Waals surface area contributed by atoms with Crippen molar-refractivity contribution in [2.45, 2.75) is 186 Å². The summed E-state index contributed by atoms with van der Waals surface area (Å²) < 4.78 is 61.4. The summed E-state index contributed by atoms with van der Waals surface area (Å²) in [4.78, 5) is 151. The number of aliphatic hydroxyl groups excluding tert-OH is 1. The maximum Gasteiger partial charge on any atom is 1.00 e. The third-order valence-electron chi connectivity index (χ3n) is 17.7. The molecule has 2 aliphatic heterocycles. The van der Waals surface area contributed by atoms with Gasteiger partial charge in [-0.15, -0.1) is 0 Å². The molecule has 2 aliphatic rings. The number of anilines is 1. The number of carbonyl (C=O) groups is 11.